The molecule has 1 aromatic carbocycles. The standard InChI is InChI=1S/C21H24N2OS/c1-14-10-11-19-16(12-14)13-20(25-19)21(24)23-22-18-9-5-3-7-15-6-2-4-8-17(15)18/h2,4,6,8,13-14H,3,5,7,9-12H2,1H3,(H,23,24)/b22-18-. The van der Waals surface area contributed by atoms with Crippen LogP contribution in [-0.4, -0.2) is 11.6 Å². The van der Waals surface area contributed by atoms with Crippen molar-refractivity contribution in [1.29, 1.82) is 0 Å². The van der Waals surface area contributed by atoms with Gasteiger partial charge in [0, 0.05) is 10.4 Å². The quantitative estimate of drug-likeness (QED) is 0.616. The first-order valence-corrected chi connectivity index (χ1v) is 10.1. The first-order chi connectivity index (χ1) is 12.2. The summed E-state index contributed by atoms with van der Waals surface area (Å²) in [5, 5.41) is 4.51. The van der Waals surface area contributed by atoms with E-state index in [0.717, 1.165) is 48.6 Å². The molecule has 2 aromatic rings. The number of rotatable bonds is 2. The zero-order chi connectivity index (χ0) is 17.2. The predicted molar refractivity (Wildman–Crippen MR) is 104 cm³/mol. The number of thiophene rings is 1. The van der Waals surface area contributed by atoms with Gasteiger partial charge in [-0.2, -0.15) is 5.10 Å². The van der Waals surface area contributed by atoms with Crippen molar-refractivity contribution in [2.75, 3.05) is 0 Å². The lowest BCUT2D eigenvalue weighted by Crippen LogP contribution is -2.19. The van der Waals surface area contributed by atoms with Gasteiger partial charge in [0.1, 0.15) is 0 Å². The van der Waals surface area contributed by atoms with E-state index in [9.17, 15) is 4.79 Å². The minimum Gasteiger partial charge on any atom is -0.266 e. The summed E-state index contributed by atoms with van der Waals surface area (Å²) >= 11 is 1.64. The lowest BCUT2D eigenvalue weighted by atomic mass is 9.90. The molecule has 0 aliphatic heterocycles. The van der Waals surface area contributed by atoms with Crippen molar-refractivity contribution in [2.45, 2.75) is 51.9 Å². The highest BCUT2D eigenvalue weighted by Crippen LogP contribution is 2.32. The molecule has 4 heteroatoms. The van der Waals surface area contributed by atoms with E-state index >= 15 is 0 Å². The number of carbonyl (C=O) groups is 1. The van der Waals surface area contributed by atoms with Gasteiger partial charge in [0.25, 0.3) is 5.91 Å². The van der Waals surface area contributed by atoms with Gasteiger partial charge in [-0.05, 0) is 68.1 Å². The molecular weight excluding hydrogens is 328 g/mol. The molecule has 1 aromatic heterocycles. The fourth-order valence-corrected chi connectivity index (χ4v) is 4.97. The summed E-state index contributed by atoms with van der Waals surface area (Å²) in [7, 11) is 0. The molecule has 1 atom stereocenters. The Labute approximate surface area is 153 Å². The van der Waals surface area contributed by atoms with Crippen LogP contribution in [0.5, 0.6) is 0 Å². The summed E-state index contributed by atoms with van der Waals surface area (Å²) in [4.78, 5) is 14.8. The Bertz CT molecular complexity index is 821. The summed E-state index contributed by atoms with van der Waals surface area (Å²) in [6.45, 7) is 2.29. The number of carbonyl (C=O) groups excluding carboxylic acids is 1. The Kier molecular flexibility index (Phi) is 4.71. The van der Waals surface area contributed by atoms with Gasteiger partial charge < -0.3 is 0 Å². The molecule has 0 saturated heterocycles. The molecule has 1 heterocycles. The average Bonchev–Trinajstić information content (AvgIpc) is 2.93. The third kappa shape index (κ3) is 3.54. The molecule has 1 N–H and O–H groups in total. The molecule has 0 spiro atoms. The summed E-state index contributed by atoms with van der Waals surface area (Å²) in [6.07, 6.45) is 7.76. The SMILES string of the molecule is CC1CCc2sc(C(=O)N/N=C3/CCCCc4ccccc43)cc2C1. The van der Waals surface area contributed by atoms with Crippen LogP contribution in [0.25, 0.3) is 0 Å². The van der Waals surface area contributed by atoms with Crippen molar-refractivity contribution in [3.05, 3.63) is 56.8 Å². The normalized spacial score (nSPS) is 21.3. The molecule has 0 fully saturated rings. The minimum absolute atomic E-state index is 0.0683. The summed E-state index contributed by atoms with van der Waals surface area (Å²) in [5.41, 5.74) is 7.73. The Morgan fingerprint density at radius 3 is 2.92 bits per heavy atom. The lowest BCUT2D eigenvalue weighted by molar-refractivity contribution is 0.0958. The summed E-state index contributed by atoms with van der Waals surface area (Å²) < 4.78 is 0. The molecular formula is C21H24N2OS. The topological polar surface area (TPSA) is 41.5 Å². The minimum atomic E-state index is -0.0683. The van der Waals surface area contributed by atoms with Crippen LogP contribution in [-0.2, 0) is 19.3 Å². The number of amides is 1. The van der Waals surface area contributed by atoms with E-state index < -0.39 is 0 Å². The van der Waals surface area contributed by atoms with Crippen LogP contribution in [0.4, 0.5) is 0 Å². The molecule has 25 heavy (non-hydrogen) atoms. The smallest absolute Gasteiger partial charge is 0.266 e. The highest BCUT2D eigenvalue weighted by atomic mass is 32.1. The van der Waals surface area contributed by atoms with Gasteiger partial charge in [0.2, 0.25) is 0 Å². The Morgan fingerprint density at radius 1 is 1.16 bits per heavy atom. The number of benzene rings is 1. The van der Waals surface area contributed by atoms with Gasteiger partial charge in [0.15, 0.2) is 0 Å². The molecule has 0 bridgehead atoms. The first kappa shape index (κ1) is 16.5. The second kappa shape index (κ2) is 7.12. The van der Waals surface area contributed by atoms with Gasteiger partial charge in [-0.15, -0.1) is 11.3 Å². The van der Waals surface area contributed by atoms with Crippen LogP contribution < -0.4 is 5.43 Å². The van der Waals surface area contributed by atoms with Crippen molar-refractivity contribution in [2.24, 2.45) is 11.0 Å². The molecule has 1 amide bonds. The Morgan fingerprint density at radius 2 is 2.00 bits per heavy atom. The molecule has 0 radical (unpaired) electrons. The van der Waals surface area contributed by atoms with E-state index in [0.29, 0.717) is 0 Å². The van der Waals surface area contributed by atoms with Crippen LogP contribution in [0.2, 0.25) is 0 Å². The average molecular weight is 353 g/mol. The Hall–Kier alpha value is -1.94. The largest absolute Gasteiger partial charge is 0.281 e. The fourth-order valence-electron chi connectivity index (χ4n) is 3.87. The highest BCUT2D eigenvalue weighted by molar-refractivity contribution is 7.14. The lowest BCUT2D eigenvalue weighted by Gasteiger charge is -2.16. The number of hydrogen-bond donors (Lipinski definition) is 1. The van der Waals surface area contributed by atoms with Crippen LogP contribution >= 0.6 is 11.3 Å². The predicted octanol–water partition coefficient (Wildman–Crippen LogP) is 4.73. The van der Waals surface area contributed by atoms with Gasteiger partial charge in [-0.3, -0.25) is 4.79 Å². The maximum Gasteiger partial charge on any atom is 0.281 e. The number of nitrogens with one attached hydrogen (secondary N) is 1. The summed E-state index contributed by atoms with van der Waals surface area (Å²) in [6, 6.07) is 10.5. The number of hydrogen-bond acceptors (Lipinski definition) is 3. The molecule has 2 aliphatic carbocycles. The van der Waals surface area contributed by atoms with Crippen LogP contribution in [0, 0.1) is 5.92 Å². The maximum atomic E-state index is 12.6. The van der Waals surface area contributed by atoms with Gasteiger partial charge in [-0.25, -0.2) is 5.43 Å². The van der Waals surface area contributed by atoms with E-state index in [4.69, 9.17) is 0 Å². The molecule has 0 saturated carbocycles. The number of aryl methyl sites for hydroxylation is 2. The van der Waals surface area contributed by atoms with E-state index in [2.05, 4.69) is 47.8 Å². The molecule has 4 rings (SSSR count). The zero-order valence-corrected chi connectivity index (χ0v) is 15.5. The van der Waals surface area contributed by atoms with Crippen LogP contribution in [0.1, 0.15) is 63.8 Å². The fraction of sp³-hybridized carbons (Fsp3) is 0.429. The highest BCUT2D eigenvalue weighted by Gasteiger charge is 2.21. The van der Waals surface area contributed by atoms with Crippen LogP contribution in [0.3, 0.4) is 0 Å². The van der Waals surface area contributed by atoms with Crippen molar-refractivity contribution in [3.8, 4) is 0 Å². The Balaban J connectivity index is 1.53. The zero-order valence-electron chi connectivity index (χ0n) is 14.7. The number of nitrogens with zero attached hydrogens (tertiary/aromatic N) is 1. The van der Waals surface area contributed by atoms with E-state index in [1.54, 1.807) is 11.3 Å². The van der Waals surface area contributed by atoms with Gasteiger partial charge in [-0.1, -0.05) is 31.2 Å². The number of hydrazone groups is 1. The van der Waals surface area contributed by atoms with Crippen LogP contribution in [0.15, 0.2) is 35.4 Å². The molecule has 3 nitrogen and oxygen atoms in total. The van der Waals surface area contributed by atoms with E-state index in [-0.39, 0.29) is 5.91 Å². The van der Waals surface area contributed by atoms with Crippen molar-refractivity contribution in [1.82, 2.24) is 5.43 Å². The van der Waals surface area contributed by atoms with Gasteiger partial charge >= 0.3 is 0 Å². The molecule has 1 unspecified atom stereocenters. The second-order valence-electron chi connectivity index (χ2n) is 7.27. The van der Waals surface area contributed by atoms with Crippen molar-refractivity contribution >= 4 is 23.0 Å². The second-order valence-corrected chi connectivity index (χ2v) is 8.41. The maximum absolute atomic E-state index is 12.6. The van der Waals surface area contributed by atoms with Crippen molar-refractivity contribution < 1.29 is 4.79 Å². The summed E-state index contributed by atoms with van der Waals surface area (Å²) in [5.74, 6) is 0.655. The van der Waals surface area contributed by atoms with E-state index in [1.165, 1.54) is 34.4 Å². The monoisotopic (exact) mass is 352 g/mol. The number of fused-ring (bicyclic) bond motifs is 2. The third-order valence-corrected chi connectivity index (χ3v) is 6.52. The molecule has 2 aliphatic rings. The molecule has 130 valence electrons. The third-order valence-electron chi connectivity index (χ3n) is 5.28. The van der Waals surface area contributed by atoms with Crippen molar-refractivity contribution in [3.63, 3.8) is 0 Å². The van der Waals surface area contributed by atoms with E-state index in [1.807, 2.05) is 0 Å². The first-order valence-electron chi connectivity index (χ1n) is 9.27. The van der Waals surface area contributed by atoms with Gasteiger partial charge in [0.05, 0.1) is 10.6 Å².